The number of ether oxygens (including phenoxy) is 1. The molecule has 176 valence electrons. The van der Waals surface area contributed by atoms with E-state index in [-0.39, 0.29) is 17.5 Å². The van der Waals surface area contributed by atoms with Crippen molar-refractivity contribution in [3.05, 3.63) is 69.6 Å². The second kappa shape index (κ2) is 10.8. The maximum Gasteiger partial charge on any atom is 0.251 e. The third-order valence-corrected chi connectivity index (χ3v) is 6.59. The van der Waals surface area contributed by atoms with Gasteiger partial charge in [0.1, 0.15) is 5.75 Å². The van der Waals surface area contributed by atoms with Gasteiger partial charge in [-0.05, 0) is 68.5 Å². The summed E-state index contributed by atoms with van der Waals surface area (Å²) in [5.74, 6) is 1.31. The quantitative estimate of drug-likeness (QED) is 0.507. The number of H-pyrrole nitrogens is 1. The van der Waals surface area contributed by atoms with Crippen molar-refractivity contribution < 1.29 is 9.53 Å². The number of aromatic amines is 1. The van der Waals surface area contributed by atoms with Crippen molar-refractivity contribution in [3.63, 3.8) is 0 Å². The lowest BCUT2D eigenvalue weighted by atomic mass is 9.98. The number of hydrogen-bond donors (Lipinski definition) is 2. The fourth-order valence-corrected chi connectivity index (χ4v) is 4.41. The lowest BCUT2D eigenvalue weighted by Crippen LogP contribution is -2.25. The Morgan fingerprint density at radius 3 is 2.42 bits per heavy atom. The van der Waals surface area contributed by atoms with E-state index < -0.39 is 0 Å². The van der Waals surface area contributed by atoms with Crippen molar-refractivity contribution in [2.45, 2.75) is 57.9 Å². The molecule has 0 spiro atoms. The standard InChI is InChI=1S/C27H35N3O3/c1-3-30(4-2)16-5-17-33-22-11-8-20(9-12-22)24(18-21-10-15-26(31)28-21)25-14-13-23(19-6-7-19)27(32)29-25/h8-9,11-14,18-19,21H,3-7,10,15-17H2,1-2H3,(H,28,31)(H,29,32)/b24-18+/t21-/m1/s1. The van der Waals surface area contributed by atoms with Crippen LogP contribution in [0.4, 0.5) is 0 Å². The third kappa shape index (κ3) is 6.14. The Kier molecular flexibility index (Phi) is 7.65. The minimum atomic E-state index is -0.0323. The van der Waals surface area contributed by atoms with E-state index >= 15 is 0 Å². The first-order valence-electron chi connectivity index (χ1n) is 12.3. The molecule has 33 heavy (non-hydrogen) atoms. The molecule has 2 fully saturated rings. The molecule has 1 amide bonds. The van der Waals surface area contributed by atoms with Crippen LogP contribution in [0.25, 0.3) is 5.57 Å². The number of aromatic nitrogens is 1. The fraction of sp³-hybridized carbons (Fsp3) is 0.481. The van der Waals surface area contributed by atoms with Crippen molar-refractivity contribution in [3.8, 4) is 5.75 Å². The summed E-state index contributed by atoms with van der Waals surface area (Å²) < 4.78 is 5.94. The smallest absolute Gasteiger partial charge is 0.251 e. The van der Waals surface area contributed by atoms with Crippen LogP contribution in [0.2, 0.25) is 0 Å². The molecule has 1 aromatic heterocycles. The van der Waals surface area contributed by atoms with Crippen LogP contribution < -0.4 is 15.6 Å². The number of nitrogens with zero attached hydrogens (tertiary/aromatic N) is 1. The molecule has 1 atom stereocenters. The minimum Gasteiger partial charge on any atom is -0.494 e. The summed E-state index contributed by atoms with van der Waals surface area (Å²) in [4.78, 5) is 29.9. The van der Waals surface area contributed by atoms with Gasteiger partial charge in [0, 0.05) is 35.8 Å². The van der Waals surface area contributed by atoms with E-state index in [0.29, 0.717) is 18.9 Å². The second-order valence-corrected chi connectivity index (χ2v) is 8.98. The maximum atomic E-state index is 12.7. The van der Waals surface area contributed by atoms with E-state index in [4.69, 9.17) is 4.74 Å². The Balaban J connectivity index is 1.50. The lowest BCUT2D eigenvalue weighted by Gasteiger charge is -2.17. The van der Waals surface area contributed by atoms with Crippen molar-refractivity contribution >= 4 is 11.5 Å². The zero-order valence-electron chi connectivity index (χ0n) is 19.7. The van der Waals surface area contributed by atoms with Gasteiger partial charge >= 0.3 is 0 Å². The lowest BCUT2D eigenvalue weighted by molar-refractivity contribution is -0.119. The van der Waals surface area contributed by atoms with Crippen molar-refractivity contribution in [1.82, 2.24) is 15.2 Å². The fourth-order valence-electron chi connectivity index (χ4n) is 4.41. The van der Waals surface area contributed by atoms with Crippen LogP contribution in [0.15, 0.2) is 47.3 Å². The van der Waals surface area contributed by atoms with Gasteiger partial charge in [-0.15, -0.1) is 0 Å². The predicted molar refractivity (Wildman–Crippen MR) is 132 cm³/mol. The monoisotopic (exact) mass is 449 g/mol. The van der Waals surface area contributed by atoms with Crippen LogP contribution in [0.1, 0.15) is 68.7 Å². The molecule has 2 aliphatic rings. The molecule has 0 unspecified atom stereocenters. The van der Waals surface area contributed by atoms with Crippen molar-refractivity contribution in [2.24, 2.45) is 0 Å². The average molecular weight is 450 g/mol. The molecule has 4 rings (SSSR count). The SMILES string of the molecule is CCN(CC)CCCOc1ccc(/C(=C\[C@H]2CCC(=O)N2)c2ccc(C3CC3)c(=O)[nH]2)cc1. The van der Waals surface area contributed by atoms with Gasteiger partial charge < -0.3 is 19.9 Å². The van der Waals surface area contributed by atoms with Crippen LogP contribution in [0.3, 0.4) is 0 Å². The van der Waals surface area contributed by atoms with Gasteiger partial charge in [-0.1, -0.05) is 38.1 Å². The molecular formula is C27H35N3O3. The molecule has 2 aromatic rings. The number of benzene rings is 1. The van der Waals surface area contributed by atoms with E-state index in [1.807, 2.05) is 36.4 Å². The van der Waals surface area contributed by atoms with Gasteiger partial charge in [0.15, 0.2) is 0 Å². The number of hydrogen-bond acceptors (Lipinski definition) is 4. The Bertz CT molecular complexity index is 1030. The Morgan fingerprint density at radius 2 is 1.82 bits per heavy atom. The summed E-state index contributed by atoms with van der Waals surface area (Å²) in [6.45, 7) is 8.20. The summed E-state index contributed by atoms with van der Waals surface area (Å²) in [7, 11) is 0. The van der Waals surface area contributed by atoms with Gasteiger partial charge in [-0.3, -0.25) is 9.59 Å². The van der Waals surface area contributed by atoms with Gasteiger partial charge in [0.2, 0.25) is 5.91 Å². The minimum absolute atomic E-state index is 0.00971. The molecule has 1 saturated heterocycles. The number of carbonyl (C=O) groups is 1. The number of pyridine rings is 1. The number of nitrogens with one attached hydrogen (secondary N) is 2. The molecule has 1 aromatic carbocycles. The Morgan fingerprint density at radius 1 is 1.06 bits per heavy atom. The van der Waals surface area contributed by atoms with Crippen LogP contribution in [0.5, 0.6) is 5.75 Å². The van der Waals surface area contributed by atoms with Gasteiger partial charge in [-0.2, -0.15) is 0 Å². The molecule has 1 aliphatic carbocycles. The number of amides is 1. The zero-order chi connectivity index (χ0) is 23.2. The second-order valence-electron chi connectivity index (χ2n) is 8.98. The van der Waals surface area contributed by atoms with Gasteiger partial charge in [0.05, 0.1) is 6.61 Å². The third-order valence-electron chi connectivity index (χ3n) is 6.59. The largest absolute Gasteiger partial charge is 0.494 e. The van der Waals surface area contributed by atoms with Gasteiger partial charge in [-0.25, -0.2) is 0 Å². The summed E-state index contributed by atoms with van der Waals surface area (Å²) in [5.41, 5.74) is 3.56. The van der Waals surface area contributed by atoms with E-state index in [1.165, 1.54) is 0 Å². The normalized spacial score (nSPS) is 18.6. The van der Waals surface area contributed by atoms with E-state index in [2.05, 4.69) is 35.1 Å². The molecule has 1 aliphatic heterocycles. The van der Waals surface area contributed by atoms with Crippen LogP contribution in [-0.2, 0) is 4.79 Å². The highest BCUT2D eigenvalue weighted by Gasteiger charge is 2.26. The maximum absolute atomic E-state index is 12.7. The summed E-state index contributed by atoms with van der Waals surface area (Å²) in [5, 5.41) is 3.01. The molecule has 6 heteroatoms. The summed E-state index contributed by atoms with van der Waals surface area (Å²) >= 11 is 0. The average Bonchev–Trinajstić information content (AvgIpc) is 3.59. The highest BCUT2D eigenvalue weighted by Crippen LogP contribution is 2.38. The zero-order valence-corrected chi connectivity index (χ0v) is 19.7. The molecule has 2 N–H and O–H groups in total. The first-order chi connectivity index (χ1) is 16.1. The molecule has 2 heterocycles. The first kappa shape index (κ1) is 23.3. The summed E-state index contributed by atoms with van der Waals surface area (Å²) in [6.07, 6.45) is 6.54. The molecule has 0 bridgehead atoms. The molecular weight excluding hydrogens is 414 g/mol. The van der Waals surface area contributed by atoms with E-state index in [9.17, 15) is 9.59 Å². The Labute approximate surface area is 196 Å². The predicted octanol–water partition coefficient (Wildman–Crippen LogP) is 4.07. The number of carbonyl (C=O) groups excluding carboxylic acids is 1. The summed E-state index contributed by atoms with van der Waals surface area (Å²) in [6, 6.07) is 11.9. The Hall–Kier alpha value is -2.86. The molecule has 1 saturated carbocycles. The van der Waals surface area contributed by atoms with Crippen molar-refractivity contribution in [1.29, 1.82) is 0 Å². The van der Waals surface area contributed by atoms with Crippen LogP contribution >= 0.6 is 0 Å². The highest BCUT2D eigenvalue weighted by molar-refractivity contribution is 5.82. The van der Waals surface area contributed by atoms with Crippen LogP contribution in [-0.4, -0.2) is 48.1 Å². The van der Waals surface area contributed by atoms with Gasteiger partial charge in [0.25, 0.3) is 5.56 Å². The topological polar surface area (TPSA) is 74.4 Å². The van der Waals surface area contributed by atoms with E-state index in [0.717, 1.165) is 73.5 Å². The number of rotatable bonds is 11. The first-order valence-corrected chi connectivity index (χ1v) is 12.3. The van der Waals surface area contributed by atoms with Crippen LogP contribution in [0, 0.1) is 0 Å². The van der Waals surface area contributed by atoms with Crippen molar-refractivity contribution in [2.75, 3.05) is 26.2 Å². The molecule has 6 nitrogen and oxygen atoms in total. The molecule has 0 radical (unpaired) electrons. The highest BCUT2D eigenvalue weighted by atomic mass is 16.5. The van der Waals surface area contributed by atoms with E-state index in [1.54, 1.807) is 0 Å².